The van der Waals surface area contributed by atoms with Crippen molar-refractivity contribution in [1.82, 2.24) is 4.57 Å². The van der Waals surface area contributed by atoms with Gasteiger partial charge >= 0.3 is 6.09 Å². The lowest BCUT2D eigenvalue weighted by Gasteiger charge is -2.30. The first kappa shape index (κ1) is 21.6. The van der Waals surface area contributed by atoms with Crippen LogP contribution in [0.1, 0.15) is 52.0 Å². The number of rotatable bonds is 8. The molecule has 1 heterocycles. The minimum absolute atomic E-state index is 0.0535. The summed E-state index contributed by atoms with van der Waals surface area (Å²) in [6.45, 7) is 4.52. The van der Waals surface area contributed by atoms with Crippen molar-refractivity contribution in [3.05, 3.63) is 42.5 Å². The van der Waals surface area contributed by atoms with Gasteiger partial charge in [0.05, 0.1) is 23.5 Å². The second-order valence-electron chi connectivity index (χ2n) is 9.05. The van der Waals surface area contributed by atoms with E-state index in [4.69, 9.17) is 9.47 Å². The summed E-state index contributed by atoms with van der Waals surface area (Å²) < 4.78 is 13.5. The van der Waals surface area contributed by atoms with Crippen LogP contribution in [0.2, 0.25) is 0 Å². The van der Waals surface area contributed by atoms with Crippen LogP contribution < -0.4 is 15.5 Å². The zero-order valence-corrected chi connectivity index (χ0v) is 19.1. The molecule has 0 radical (unpaired) electrons. The zero-order valence-electron chi connectivity index (χ0n) is 19.1. The highest BCUT2D eigenvalue weighted by Crippen LogP contribution is 2.46. The highest BCUT2D eigenvalue weighted by Gasteiger charge is 2.31. The normalized spacial score (nSPS) is 16.8. The Kier molecular flexibility index (Phi) is 5.89. The molecule has 3 N–H and O–H groups in total. The summed E-state index contributed by atoms with van der Waals surface area (Å²) >= 11 is 0. The number of nitrogens with one attached hydrogen (secondary N) is 2. The Bertz CT molecular complexity index is 1150. The summed E-state index contributed by atoms with van der Waals surface area (Å²) in [5, 5.41) is 13.8. The van der Waals surface area contributed by atoms with E-state index in [2.05, 4.69) is 21.4 Å². The SMILES string of the molecule is CCOc1ccc2c(NO)c(-c3ccc(NC(=O)OC(C)C4CC4)cc3)n(C3CCC3)c2c1. The fourth-order valence-electron chi connectivity index (χ4n) is 4.66. The maximum atomic E-state index is 12.2. The number of nitrogens with zero attached hydrogens (tertiary/aromatic N) is 1. The third kappa shape index (κ3) is 4.25. The van der Waals surface area contributed by atoms with Crippen molar-refractivity contribution in [3.63, 3.8) is 0 Å². The molecule has 2 aliphatic carbocycles. The lowest BCUT2D eigenvalue weighted by molar-refractivity contribution is 0.108. The number of fused-ring (bicyclic) bond motifs is 1. The topological polar surface area (TPSA) is 84.8 Å². The van der Waals surface area contributed by atoms with Gasteiger partial charge in [-0.3, -0.25) is 16.0 Å². The molecule has 1 atom stereocenters. The molecule has 174 valence electrons. The number of aromatic nitrogens is 1. The van der Waals surface area contributed by atoms with Gasteiger partial charge in [-0.25, -0.2) is 4.79 Å². The predicted octanol–water partition coefficient (Wildman–Crippen LogP) is 6.58. The highest BCUT2D eigenvalue weighted by molar-refractivity contribution is 6.02. The van der Waals surface area contributed by atoms with Gasteiger partial charge in [0.15, 0.2) is 0 Å². The molecule has 1 unspecified atom stereocenters. The highest BCUT2D eigenvalue weighted by atomic mass is 16.6. The molecule has 2 aliphatic rings. The van der Waals surface area contributed by atoms with E-state index in [1.165, 1.54) is 6.42 Å². The Labute approximate surface area is 193 Å². The average molecular weight is 450 g/mol. The second kappa shape index (κ2) is 8.98. The fourth-order valence-corrected chi connectivity index (χ4v) is 4.66. The molecule has 0 saturated heterocycles. The van der Waals surface area contributed by atoms with Crippen LogP contribution >= 0.6 is 0 Å². The molecule has 1 amide bonds. The molecule has 1 aromatic heterocycles. The van der Waals surface area contributed by atoms with Crippen LogP contribution in [0.25, 0.3) is 22.2 Å². The van der Waals surface area contributed by atoms with Gasteiger partial charge in [0.25, 0.3) is 0 Å². The van der Waals surface area contributed by atoms with Gasteiger partial charge in [-0.1, -0.05) is 12.1 Å². The molecule has 2 aromatic carbocycles. The molecule has 33 heavy (non-hydrogen) atoms. The summed E-state index contributed by atoms with van der Waals surface area (Å²) in [7, 11) is 0. The molecule has 2 fully saturated rings. The van der Waals surface area contributed by atoms with E-state index in [9.17, 15) is 10.0 Å². The molecule has 0 bridgehead atoms. The number of benzene rings is 2. The van der Waals surface area contributed by atoms with Crippen molar-refractivity contribution >= 4 is 28.4 Å². The Morgan fingerprint density at radius 1 is 1.15 bits per heavy atom. The van der Waals surface area contributed by atoms with Crippen molar-refractivity contribution in [2.75, 3.05) is 17.4 Å². The lowest BCUT2D eigenvalue weighted by atomic mass is 9.92. The van der Waals surface area contributed by atoms with Crippen LogP contribution in [0.15, 0.2) is 42.5 Å². The minimum atomic E-state index is -0.424. The summed E-state index contributed by atoms with van der Waals surface area (Å²) in [5.41, 5.74) is 6.73. The van der Waals surface area contributed by atoms with Gasteiger partial charge in [-0.05, 0) is 76.1 Å². The van der Waals surface area contributed by atoms with Crippen LogP contribution in [-0.2, 0) is 4.74 Å². The Balaban J connectivity index is 1.47. The first-order chi connectivity index (χ1) is 16.1. The summed E-state index contributed by atoms with van der Waals surface area (Å²) in [6, 6.07) is 14.0. The van der Waals surface area contributed by atoms with Gasteiger partial charge < -0.3 is 14.0 Å². The number of anilines is 2. The van der Waals surface area contributed by atoms with Crippen LogP contribution in [-0.4, -0.2) is 28.6 Å². The number of hydrogen-bond acceptors (Lipinski definition) is 5. The van der Waals surface area contributed by atoms with E-state index >= 15 is 0 Å². The molecule has 0 aliphatic heterocycles. The lowest BCUT2D eigenvalue weighted by Crippen LogP contribution is -2.21. The maximum absolute atomic E-state index is 12.2. The number of ether oxygens (including phenoxy) is 2. The van der Waals surface area contributed by atoms with E-state index < -0.39 is 6.09 Å². The number of hydrogen-bond donors (Lipinski definition) is 3. The van der Waals surface area contributed by atoms with Crippen molar-refractivity contribution < 1.29 is 19.5 Å². The second-order valence-corrected chi connectivity index (χ2v) is 9.05. The molecule has 2 saturated carbocycles. The Morgan fingerprint density at radius 3 is 2.52 bits per heavy atom. The van der Waals surface area contributed by atoms with Crippen LogP contribution in [0.5, 0.6) is 5.75 Å². The smallest absolute Gasteiger partial charge is 0.411 e. The summed E-state index contributed by atoms with van der Waals surface area (Å²) in [4.78, 5) is 12.2. The van der Waals surface area contributed by atoms with E-state index in [0.717, 1.165) is 53.6 Å². The van der Waals surface area contributed by atoms with Crippen molar-refractivity contribution in [2.24, 2.45) is 5.92 Å². The number of carbonyl (C=O) groups is 1. The Hall–Kier alpha value is -3.19. The summed E-state index contributed by atoms with van der Waals surface area (Å²) in [6.07, 6.45) is 5.18. The van der Waals surface area contributed by atoms with E-state index in [-0.39, 0.29) is 6.10 Å². The van der Waals surface area contributed by atoms with E-state index in [1.54, 1.807) is 0 Å². The van der Waals surface area contributed by atoms with Crippen molar-refractivity contribution in [1.29, 1.82) is 0 Å². The third-order valence-corrected chi connectivity index (χ3v) is 6.82. The first-order valence-corrected chi connectivity index (χ1v) is 11.9. The zero-order chi connectivity index (χ0) is 22.9. The monoisotopic (exact) mass is 449 g/mol. The number of carbonyl (C=O) groups excluding carboxylic acids is 1. The van der Waals surface area contributed by atoms with Crippen LogP contribution in [0.3, 0.4) is 0 Å². The summed E-state index contributed by atoms with van der Waals surface area (Å²) in [5.74, 6) is 1.32. The molecule has 3 aromatic rings. The largest absolute Gasteiger partial charge is 0.494 e. The molecule has 5 rings (SSSR count). The standard InChI is InChI=1S/C26H31N3O4/c1-3-32-21-13-14-22-23(15-21)29(20-5-4-6-20)25(24(22)28-31)18-9-11-19(12-10-18)27-26(30)33-16(2)17-7-8-17/h9-17,20,28,31H,3-8H2,1-2H3,(H,27,30). The van der Waals surface area contributed by atoms with Gasteiger partial charge in [-0.2, -0.15) is 0 Å². The molecule has 7 heteroatoms. The Morgan fingerprint density at radius 2 is 1.91 bits per heavy atom. The van der Waals surface area contributed by atoms with Crippen LogP contribution in [0.4, 0.5) is 16.2 Å². The molecule has 0 spiro atoms. The van der Waals surface area contributed by atoms with E-state index in [1.807, 2.05) is 50.2 Å². The molecular weight excluding hydrogens is 418 g/mol. The molecule has 7 nitrogen and oxygen atoms in total. The third-order valence-electron chi connectivity index (χ3n) is 6.82. The van der Waals surface area contributed by atoms with E-state index in [0.29, 0.717) is 29.9 Å². The average Bonchev–Trinajstić information content (AvgIpc) is 3.57. The fraction of sp³-hybridized carbons (Fsp3) is 0.423. The number of amides is 1. The van der Waals surface area contributed by atoms with Crippen molar-refractivity contribution in [2.45, 2.75) is 58.1 Å². The first-order valence-electron chi connectivity index (χ1n) is 11.9. The van der Waals surface area contributed by atoms with Crippen LogP contribution in [0, 0.1) is 5.92 Å². The van der Waals surface area contributed by atoms with Crippen molar-refractivity contribution in [3.8, 4) is 17.0 Å². The van der Waals surface area contributed by atoms with Gasteiger partial charge in [0, 0.05) is 28.7 Å². The van der Waals surface area contributed by atoms with Gasteiger partial charge in [0.1, 0.15) is 11.9 Å². The molecular formula is C26H31N3O4. The van der Waals surface area contributed by atoms with Gasteiger partial charge in [0.2, 0.25) is 0 Å². The minimum Gasteiger partial charge on any atom is -0.494 e. The quantitative estimate of drug-likeness (QED) is 0.338. The van der Waals surface area contributed by atoms with Gasteiger partial charge in [-0.15, -0.1) is 0 Å². The maximum Gasteiger partial charge on any atom is 0.411 e. The predicted molar refractivity (Wildman–Crippen MR) is 129 cm³/mol.